The van der Waals surface area contributed by atoms with Gasteiger partial charge in [0.1, 0.15) is 35.3 Å². The Bertz CT molecular complexity index is 1280. The number of hydrogen-bond donors (Lipinski definition) is 2. The average Bonchev–Trinajstić information content (AvgIpc) is 2.95. The van der Waals surface area contributed by atoms with Gasteiger partial charge in [0.25, 0.3) is 11.8 Å². The monoisotopic (exact) mass is 603 g/mol. The highest BCUT2D eigenvalue weighted by molar-refractivity contribution is 9.09. The number of nitrogens with zero attached hydrogens (tertiary/aromatic N) is 2. The molecule has 2 N–H and O–H groups in total. The molecule has 11 nitrogen and oxygen atoms in total. The van der Waals surface area contributed by atoms with Crippen molar-refractivity contribution in [3.63, 3.8) is 0 Å². The standard InChI is InChI=1S/C25H22BrN3O8S/c1-35-18-4-2-3-16(9-18)12-37-25(34)22(19(31)10-26)29-23(33)21(24(29)38-14-30)28-20(32)13-36-17-7-5-15(11-27)6-8-17/h2-9,14,21,24,31H,10,12-13H2,1H3,(H,28,32)/b22-19+. The fourth-order valence-corrected chi connectivity index (χ4v) is 4.47. The van der Waals surface area contributed by atoms with Crippen LogP contribution in [0.1, 0.15) is 11.1 Å². The van der Waals surface area contributed by atoms with E-state index in [9.17, 15) is 24.3 Å². The van der Waals surface area contributed by atoms with E-state index in [-0.39, 0.29) is 11.9 Å². The van der Waals surface area contributed by atoms with E-state index in [1.165, 1.54) is 31.4 Å². The number of amides is 2. The molecule has 1 aliphatic heterocycles. The number of aliphatic hydroxyl groups excluding tert-OH is 1. The molecule has 3 rings (SSSR count). The summed E-state index contributed by atoms with van der Waals surface area (Å²) >= 11 is 3.70. The van der Waals surface area contributed by atoms with Crippen LogP contribution < -0.4 is 14.8 Å². The Labute approximate surface area is 230 Å². The minimum absolute atomic E-state index is 0.171. The lowest BCUT2D eigenvalue weighted by Gasteiger charge is -2.45. The first kappa shape index (κ1) is 28.5. The first-order chi connectivity index (χ1) is 18.3. The van der Waals surface area contributed by atoms with Gasteiger partial charge in [-0.15, -0.1) is 0 Å². The van der Waals surface area contributed by atoms with Crippen LogP contribution in [-0.2, 0) is 30.5 Å². The van der Waals surface area contributed by atoms with Gasteiger partial charge in [0, 0.05) is 0 Å². The number of nitriles is 1. The van der Waals surface area contributed by atoms with Crippen LogP contribution in [0, 0.1) is 11.3 Å². The number of β-lactam (4-membered cyclic amide) rings is 1. The molecule has 2 unspecified atom stereocenters. The van der Waals surface area contributed by atoms with Crippen molar-refractivity contribution in [3.8, 4) is 17.6 Å². The smallest absolute Gasteiger partial charge is 0.358 e. The van der Waals surface area contributed by atoms with Gasteiger partial charge in [0.05, 0.1) is 24.1 Å². The molecule has 2 aromatic rings. The van der Waals surface area contributed by atoms with Crippen LogP contribution in [-0.4, -0.2) is 63.9 Å². The van der Waals surface area contributed by atoms with Crippen molar-refractivity contribution in [1.82, 2.24) is 10.2 Å². The molecule has 0 radical (unpaired) electrons. The van der Waals surface area contributed by atoms with E-state index in [1.54, 1.807) is 24.3 Å². The highest BCUT2D eigenvalue weighted by atomic mass is 79.9. The van der Waals surface area contributed by atoms with Crippen molar-refractivity contribution in [1.29, 1.82) is 5.26 Å². The lowest BCUT2D eigenvalue weighted by molar-refractivity contribution is -0.153. The van der Waals surface area contributed by atoms with Gasteiger partial charge >= 0.3 is 5.97 Å². The summed E-state index contributed by atoms with van der Waals surface area (Å²) in [6, 6.07) is 13.7. The number of ether oxygens (including phenoxy) is 3. The zero-order valence-corrected chi connectivity index (χ0v) is 22.4. The van der Waals surface area contributed by atoms with Gasteiger partial charge in [-0.25, -0.2) is 4.79 Å². The second kappa shape index (κ2) is 13.5. The number of likely N-dealkylation sites (tertiary alicyclic amines) is 1. The maximum Gasteiger partial charge on any atom is 0.358 e. The van der Waals surface area contributed by atoms with Crippen LogP contribution >= 0.6 is 27.7 Å². The maximum absolute atomic E-state index is 13.0. The molecular weight excluding hydrogens is 582 g/mol. The quantitative estimate of drug-likeness (QED) is 0.0922. The van der Waals surface area contributed by atoms with Crippen molar-refractivity contribution < 1.29 is 38.5 Å². The zero-order valence-electron chi connectivity index (χ0n) is 20.0. The summed E-state index contributed by atoms with van der Waals surface area (Å²) < 4.78 is 15.8. The predicted molar refractivity (Wildman–Crippen MR) is 140 cm³/mol. The van der Waals surface area contributed by atoms with E-state index in [1.807, 2.05) is 6.07 Å². The highest BCUT2D eigenvalue weighted by Crippen LogP contribution is 2.34. The molecular formula is C25H22BrN3O8S. The number of benzene rings is 2. The number of rotatable bonds is 12. The lowest BCUT2D eigenvalue weighted by Crippen LogP contribution is -2.70. The fraction of sp³-hybridized carbons (Fsp3) is 0.240. The Morgan fingerprint density at radius 1 is 1.24 bits per heavy atom. The Morgan fingerprint density at radius 3 is 2.61 bits per heavy atom. The molecule has 1 fully saturated rings. The SMILES string of the molecule is COc1cccc(COC(=O)/C(=C(\O)CBr)N2C(=O)C(NC(=O)COc3ccc(C#N)cc3)C2SC=O)c1. The second-order valence-corrected chi connectivity index (χ2v) is 9.17. The molecule has 1 saturated heterocycles. The van der Waals surface area contributed by atoms with E-state index in [0.29, 0.717) is 40.0 Å². The summed E-state index contributed by atoms with van der Waals surface area (Å²) in [6.07, 6.45) is 0. The zero-order chi connectivity index (χ0) is 27.7. The van der Waals surface area contributed by atoms with Crippen molar-refractivity contribution in [2.24, 2.45) is 0 Å². The number of methoxy groups -OCH3 is 1. The molecule has 13 heteroatoms. The number of aliphatic hydroxyl groups is 1. The maximum atomic E-state index is 13.0. The molecule has 38 heavy (non-hydrogen) atoms. The van der Waals surface area contributed by atoms with Gasteiger partial charge in [-0.1, -0.05) is 39.8 Å². The molecule has 1 heterocycles. The van der Waals surface area contributed by atoms with Crippen molar-refractivity contribution >= 4 is 51.1 Å². The van der Waals surface area contributed by atoms with Crippen molar-refractivity contribution in [3.05, 3.63) is 71.1 Å². The van der Waals surface area contributed by atoms with Crippen molar-refractivity contribution in [2.75, 3.05) is 19.0 Å². The minimum Gasteiger partial charge on any atom is -0.509 e. The molecule has 2 aromatic carbocycles. The molecule has 2 amide bonds. The van der Waals surface area contributed by atoms with Gasteiger partial charge < -0.3 is 24.6 Å². The van der Waals surface area contributed by atoms with Crippen LogP contribution in [0.3, 0.4) is 0 Å². The highest BCUT2D eigenvalue weighted by Gasteiger charge is 2.53. The van der Waals surface area contributed by atoms with Crippen LogP contribution in [0.15, 0.2) is 60.0 Å². The third-order valence-corrected chi connectivity index (χ3v) is 6.65. The first-order valence-electron chi connectivity index (χ1n) is 11.0. The molecule has 0 aromatic heterocycles. The topological polar surface area (TPSA) is 155 Å². The van der Waals surface area contributed by atoms with E-state index < -0.39 is 47.3 Å². The van der Waals surface area contributed by atoms with Gasteiger partial charge in [0.2, 0.25) is 0 Å². The number of hydrogen-bond acceptors (Lipinski definition) is 10. The lowest BCUT2D eigenvalue weighted by atomic mass is 10.1. The minimum atomic E-state index is -1.16. The second-order valence-electron chi connectivity index (χ2n) is 7.66. The number of alkyl halides is 1. The number of halogens is 1. The molecule has 0 aliphatic carbocycles. The Balaban J connectivity index is 1.68. The van der Waals surface area contributed by atoms with E-state index in [4.69, 9.17) is 19.5 Å². The van der Waals surface area contributed by atoms with Gasteiger partial charge in [0.15, 0.2) is 17.9 Å². The number of allylic oxidation sites excluding steroid dienone is 1. The number of esters is 1. The van der Waals surface area contributed by atoms with Gasteiger partial charge in [-0.2, -0.15) is 5.26 Å². The van der Waals surface area contributed by atoms with Gasteiger partial charge in [-0.05, 0) is 42.0 Å². The molecule has 0 bridgehead atoms. The third-order valence-electron chi connectivity index (χ3n) is 5.25. The number of carbonyl (C=O) groups is 4. The fourth-order valence-electron chi connectivity index (χ4n) is 3.42. The van der Waals surface area contributed by atoms with Crippen LogP contribution in [0.25, 0.3) is 0 Å². The molecule has 0 saturated carbocycles. The number of thioether (sulfide) groups is 1. The summed E-state index contributed by atoms with van der Waals surface area (Å²) in [4.78, 5) is 50.5. The van der Waals surface area contributed by atoms with E-state index in [2.05, 4.69) is 21.2 Å². The van der Waals surface area contributed by atoms with Crippen molar-refractivity contribution in [2.45, 2.75) is 18.0 Å². The summed E-state index contributed by atoms with van der Waals surface area (Å²) in [5.41, 5.74) is 1.04. The summed E-state index contributed by atoms with van der Waals surface area (Å²) in [5.74, 6) is -1.97. The molecule has 198 valence electrons. The average molecular weight is 604 g/mol. The Kier molecular flexibility index (Phi) is 10.1. The van der Waals surface area contributed by atoms with Gasteiger partial charge in [-0.3, -0.25) is 19.3 Å². The molecule has 2 atom stereocenters. The normalized spacial score (nSPS) is 16.9. The summed E-state index contributed by atoms with van der Waals surface area (Å²) in [5, 5.41) is 20.6. The first-order valence-corrected chi connectivity index (χ1v) is 13.0. The molecule has 0 spiro atoms. The van der Waals surface area contributed by atoms with Crippen LogP contribution in [0.2, 0.25) is 0 Å². The predicted octanol–water partition coefficient (Wildman–Crippen LogP) is 2.43. The summed E-state index contributed by atoms with van der Waals surface area (Å²) in [7, 11) is 1.49. The van der Waals surface area contributed by atoms with E-state index in [0.717, 1.165) is 4.90 Å². The van der Waals surface area contributed by atoms with Crippen LogP contribution in [0.4, 0.5) is 0 Å². The third kappa shape index (κ3) is 6.84. The Morgan fingerprint density at radius 2 is 1.97 bits per heavy atom. The number of carbonyl (C=O) groups excluding carboxylic acids is 4. The van der Waals surface area contributed by atoms with E-state index >= 15 is 0 Å². The summed E-state index contributed by atoms with van der Waals surface area (Å²) in [6.45, 7) is -0.610. The largest absolute Gasteiger partial charge is 0.509 e. The number of nitrogens with one attached hydrogen (secondary N) is 1. The van der Waals surface area contributed by atoms with Crippen LogP contribution in [0.5, 0.6) is 11.5 Å². The molecule has 1 aliphatic rings. The Hall–Kier alpha value is -4.02.